The minimum atomic E-state index is -0.140. The molecule has 0 aliphatic rings. The second-order valence-electron chi connectivity index (χ2n) is 2.94. The van der Waals surface area contributed by atoms with Gasteiger partial charge in [-0.15, -0.1) is 5.10 Å². The molecule has 2 aromatic rings. The molecule has 0 fully saturated rings. The molecular weight excluding hydrogens is 237 g/mol. The van der Waals surface area contributed by atoms with E-state index in [9.17, 15) is 0 Å². The topological polar surface area (TPSA) is 64.1 Å². The van der Waals surface area contributed by atoms with E-state index in [0.29, 0.717) is 21.6 Å². The van der Waals surface area contributed by atoms with E-state index in [2.05, 4.69) is 5.10 Å². The SMILES string of the molecule is Nc1cc(O)nn1-c1ccc(Cl)c(Cl)c1. The lowest BCUT2D eigenvalue weighted by molar-refractivity contribution is 0.448. The average Bonchev–Trinajstić information content (AvgIpc) is 2.50. The third-order valence-corrected chi connectivity index (χ3v) is 2.61. The highest BCUT2D eigenvalue weighted by Crippen LogP contribution is 2.26. The van der Waals surface area contributed by atoms with Crippen LogP contribution < -0.4 is 5.73 Å². The van der Waals surface area contributed by atoms with E-state index in [4.69, 9.17) is 34.0 Å². The van der Waals surface area contributed by atoms with E-state index in [1.807, 2.05) is 0 Å². The summed E-state index contributed by atoms with van der Waals surface area (Å²) in [6.07, 6.45) is 0. The van der Waals surface area contributed by atoms with E-state index in [-0.39, 0.29) is 5.88 Å². The van der Waals surface area contributed by atoms with Crippen molar-refractivity contribution in [1.82, 2.24) is 9.78 Å². The first-order valence-electron chi connectivity index (χ1n) is 4.08. The van der Waals surface area contributed by atoms with Gasteiger partial charge in [0.1, 0.15) is 5.82 Å². The normalized spacial score (nSPS) is 10.5. The first-order valence-corrected chi connectivity index (χ1v) is 4.83. The van der Waals surface area contributed by atoms with Gasteiger partial charge in [-0.05, 0) is 18.2 Å². The molecule has 0 saturated heterocycles. The van der Waals surface area contributed by atoms with Crippen molar-refractivity contribution in [2.75, 3.05) is 5.73 Å². The van der Waals surface area contributed by atoms with E-state index in [0.717, 1.165) is 0 Å². The molecule has 0 atom stereocenters. The Bertz CT molecular complexity index is 510. The van der Waals surface area contributed by atoms with Crippen LogP contribution in [0.3, 0.4) is 0 Å². The summed E-state index contributed by atoms with van der Waals surface area (Å²) in [5.41, 5.74) is 6.27. The molecule has 0 unspecified atom stereocenters. The fraction of sp³-hybridized carbons (Fsp3) is 0. The molecule has 78 valence electrons. The molecule has 3 N–H and O–H groups in total. The molecule has 0 radical (unpaired) electrons. The van der Waals surface area contributed by atoms with Gasteiger partial charge < -0.3 is 10.8 Å². The van der Waals surface area contributed by atoms with Crippen molar-refractivity contribution in [1.29, 1.82) is 0 Å². The quantitative estimate of drug-likeness (QED) is 0.809. The maximum absolute atomic E-state index is 9.15. The molecule has 0 aliphatic carbocycles. The molecule has 2 rings (SSSR count). The van der Waals surface area contributed by atoms with Crippen LogP contribution in [0.5, 0.6) is 5.88 Å². The Morgan fingerprint density at radius 2 is 1.93 bits per heavy atom. The third-order valence-electron chi connectivity index (χ3n) is 1.87. The standard InChI is InChI=1S/C9H7Cl2N3O/c10-6-2-1-5(3-7(6)11)14-8(12)4-9(15)13-14/h1-4H,12H2,(H,13,15). The van der Waals surface area contributed by atoms with Crippen molar-refractivity contribution in [2.45, 2.75) is 0 Å². The second-order valence-corrected chi connectivity index (χ2v) is 3.75. The van der Waals surface area contributed by atoms with Crippen molar-refractivity contribution in [3.05, 3.63) is 34.3 Å². The van der Waals surface area contributed by atoms with Gasteiger partial charge in [0.15, 0.2) is 0 Å². The Labute approximate surface area is 95.8 Å². The van der Waals surface area contributed by atoms with Crippen molar-refractivity contribution < 1.29 is 5.11 Å². The predicted octanol–water partition coefficient (Wildman–Crippen LogP) is 2.47. The van der Waals surface area contributed by atoms with Gasteiger partial charge in [-0.2, -0.15) is 0 Å². The first-order chi connectivity index (χ1) is 7.08. The number of nitrogen functional groups attached to an aromatic ring is 1. The van der Waals surface area contributed by atoms with Gasteiger partial charge in [0.2, 0.25) is 5.88 Å². The zero-order valence-corrected chi connectivity index (χ0v) is 9.00. The van der Waals surface area contributed by atoms with Crippen molar-refractivity contribution >= 4 is 29.0 Å². The predicted molar refractivity (Wildman–Crippen MR) is 59.7 cm³/mol. The number of hydrogen-bond donors (Lipinski definition) is 2. The van der Waals surface area contributed by atoms with Gasteiger partial charge in [-0.1, -0.05) is 23.2 Å². The second kappa shape index (κ2) is 3.64. The van der Waals surface area contributed by atoms with Crippen LogP contribution in [0.25, 0.3) is 5.69 Å². The highest BCUT2D eigenvalue weighted by Gasteiger charge is 2.07. The molecule has 0 aliphatic heterocycles. The Hall–Kier alpha value is -1.39. The monoisotopic (exact) mass is 243 g/mol. The average molecular weight is 244 g/mol. The Balaban J connectivity index is 2.54. The van der Waals surface area contributed by atoms with Crippen LogP contribution in [0.15, 0.2) is 24.3 Å². The number of aromatic hydroxyl groups is 1. The summed E-state index contributed by atoms with van der Waals surface area (Å²) in [5.74, 6) is 0.185. The number of halogens is 2. The van der Waals surface area contributed by atoms with Crippen LogP contribution in [0.1, 0.15) is 0 Å². The summed E-state index contributed by atoms with van der Waals surface area (Å²) in [6.45, 7) is 0. The summed E-state index contributed by atoms with van der Waals surface area (Å²) < 4.78 is 1.37. The minimum Gasteiger partial charge on any atom is -0.492 e. The molecule has 1 aromatic carbocycles. The molecule has 4 nitrogen and oxygen atoms in total. The minimum absolute atomic E-state index is 0.140. The smallest absolute Gasteiger partial charge is 0.232 e. The van der Waals surface area contributed by atoms with Crippen LogP contribution in [0.4, 0.5) is 5.82 Å². The van der Waals surface area contributed by atoms with Gasteiger partial charge in [0, 0.05) is 6.07 Å². The Kier molecular flexibility index (Phi) is 2.46. The first kappa shape index (κ1) is 10.1. The molecule has 15 heavy (non-hydrogen) atoms. The number of benzene rings is 1. The van der Waals surface area contributed by atoms with Crippen LogP contribution in [-0.2, 0) is 0 Å². The summed E-state index contributed by atoms with van der Waals surface area (Å²) in [5, 5.41) is 13.8. The number of aromatic nitrogens is 2. The molecule has 0 saturated carbocycles. The van der Waals surface area contributed by atoms with Gasteiger partial charge in [0.25, 0.3) is 0 Å². The fourth-order valence-corrected chi connectivity index (χ4v) is 1.50. The van der Waals surface area contributed by atoms with Crippen LogP contribution in [0.2, 0.25) is 10.0 Å². The molecule has 0 spiro atoms. The third kappa shape index (κ3) is 1.86. The van der Waals surface area contributed by atoms with E-state index in [1.54, 1.807) is 18.2 Å². The maximum Gasteiger partial charge on any atom is 0.232 e. The zero-order chi connectivity index (χ0) is 11.0. The molecule has 1 aromatic heterocycles. The zero-order valence-electron chi connectivity index (χ0n) is 7.48. The van der Waals surface area contributed by atoms with Gasteiger partial charge >= 0.3 is 0 Å². The summed E-state index contributed by atoms with van der Waals surface area (Å²) in [4.78, 5) is 0. The highest BCUT2D eigenvalue weighted by molar-refractivity contribution is 6.42. The van der Waals surface area contributed by atoms with Crippen molar-refractivity contribution in [3.63, 3.8) is 0 Å². The maximum atomic E-state index is 9.15. The number of anilines is 1. The molecule has 6 heteroatoms. The van der Waals surface area contributed by atoms with E-state index in [1.165, 1.54) is 10.7 Å². The van der Waals surface area contributed by atoms with Gasteiger partial charge in [0.05, 0.1) is 15.7 Å². The summed E-state index contributed by atoms with van der Waals surface area (Å²) in [7, 11) is 0. The van der Waals surface area contributed by atoms with E-state index < -0.39 is 0 Å². The van der Waals surface area contributed by atoms with Gasteiger partial charge in [-0.25, -0.2) is 4.68 Å². The highest BCUT2D eigenvalue weighted by atomic mass is 35.5. The van der Waals surface area contributed by atoms with Gasteiger partial charge in [-0.3, -0.25) is 0 Å². The number of rotatable bonds is 1. The number of nitrogens with two attached hydrogens (primary N) is 1. The Morgan fingerprint density at radius 1 is 1.20 bits per heavy atom. The fourth-order valence-electron chi connectivity index (χ4n) is 1.21. The molecule has 0 amide bonds. The molecular formula is C9H7Cl2N3O. The molecule has 0 bridgehead atoms. The number of nitrogens with zero attached hydrogens (tertiary/aromatic N) is 2. The summed E-state index contributed by atoms with van der Waals surface area (Å²) >= 11 is 11.6. The number of hydrogen-bond acceptors (Lipinski definition) is 3. The Morgan fingerprint density at radius 3 is 2.47 bits per heavy atom. The van der Waals surface area contributed by atoms with Crippen molar-refractivity contribution in [2.24, 2.45) is 0 Å². The van der Waals surface area contributed by atoms with Crippen LogP contribution in [0, 0.1) is 0 Å². The van der Waals surface area contributed by atoms with Crippen LogP contribution >= 0.6 is 23.2 Å². The lowest BCUT2D eigenvalue weighted by Gasteiger charge is -2.04. The molecule has 1 heterocycles. The summed E-state index contributed by atoms with van der Waals surface area (Å²) in [6, 6.07) is 6.31. The lowest BCUT2D eigenvalue weighted by atomic mass is 10.3. The van der Waals surface area contributed by atoms with Crippen molar-refractivity contribution in [3.8, 4) is 11.6 Å². The van der Waals surface area contributed by atoms with Crippen LogP contribution in [-0.4, -0.2) is 14.9 Å². The van der Waals surface area contributed by atoms with E-state index >= 15 is 0 Å². The largest absolute Gasteiger partial charge is 0.492 e. The lowest BCUT2D eigenvalue weighted by Crippen LogP contribution is -2.01.